The molecule has 110 valence electrons. The molecule has 0 bridgehead atoms. The van der Waals surface area contributed by atoms with E-state index in [9.17, 15) is 0 Å². The molecule has 0 saturated heterocycles. The number of ether oxygens (including phenoxy) is 1. The largest absolute Gasteiger partial charge is 0.494 e. The van der Waals surface area contributed by atoms with Gasteiger partial charge in [-0.05, 0) is 31.2 Å². The van der Waals surface area contributed by atoms with E-state index < -0.39 is 0 Å². The molecule has 0 aliphatic heterocycles. The number of aryl methyl sites for hydroxylation is 2. The fourth-order valence-corrected chi connectivity index (χ4v) is 2.68. The molecule has 1 aromatic heterocycles. The van der Waals surface area contributed by atoms with Crippen LogP contribution in [0.4, 0.5) is 0 Å². The summed E-state index contributed by atoms with van der Waals surface area (Å²) >= 11 is 4.35. The highest BCUT2D eigenvalue weighted by molar-refractivity contribution is 7.80. The monoisotopic (exact) mass is 292 g/mol. The maximum atomic E-state index is 5.56. The number of imidazole rings is 1. The van der Waals surface area contributed by atoms with Gasteiger partial charge in [-0.1, -0.05) is 19.8 Å². The zero-order valence-electron chi connectivity index (χ0n) is 12.4. The topological polar surface area (TPSA) is 27.1 Å². The molecule has 0 N–H and O–H groups in total. The Bertz CT molecular complexity index is 551. The molecule has 0 amide bonds. The van der Waals surface area contributed by atoms with Crippen LogP contribution in [0, 0.1) is 0 Å². The minimum absolute atomic E-state index is 0.687. The van der Waals surface area contributed by atoms with E-state index in [1.165, 1.54) is 24.8 Å². The van der Waals surface area contributed by atoms with Crippen LogP contribution in [0.1, 0.15) is 38.9 Å². The third-order valence-corrected chi connectivity index (χ3v) is 3.65. The van der Waals surface area contributed by atoms with Gasteiger partial charge in [0.15, 0.2) is 0 Å². The van der Waals surface area contributed by atoms with E-state index >= 15 is 0 Å². The lowest BCUT2D eigenvalue weighted by atomic mass is 10.2. The molecule has 0 fully saturated rings. The summed E-state index contributed by atoms with van der Waals surface area (Å²) in [5.41, 5.74) is 2.24. The van der Waals surface area contributed by atoms with Crippen LogP contribution in [-0.4, -0.2) is 21.9 Å². The normalized spacial score (nSPS) is 11.2. The summed E-state index contributed by atoms with van der Waals surface area (Å²) in [5, 5.41) is 0. The Morgan fingerprint density at radius 2 is 2.10 bits per heavy atom. The number of thiol groups is 1. The summed E-state index contributed by atoms with van der Waals surface area (Å²) in [4.78, 5) is 4.76. The van der Waals surface area contributed by atoms with Crippen molar-refractivity contribution in [2.75, 3.05) is 12.4 Å². The van der Waals surface area contributed by atoms with Crippen LogP contribution in [0.5, 0.6) is 5.75 Å². The Kier molecular flexibility index (Phi) is 5.77. The molecule has 3 nitrogen and oxygen atoms in total. The highest BCUT2D eigenvalue weighted by atomic mass is 32.1. The Morgan fingerprint density at radius 1 is 1.25 bits per heavy atom. The first-order valence-electron chi connectivity index (χ1n) is 7.53. The molecule has 0 unspecified atom stereocenters. The van der Waals surface area contributed by atoms with Crippen molar-refractivity contribution in [1.29, 1.82) is 0 Å². The number of unbranched alkanes of at least 4 members (excludes halogenated alkanes) is 2. The van der Waals surface area contributed by atoms with Gasteiger partial charge in [-0.2, -0.15) is 12.6 Å². The van der Waals surface area contributed by atoms with Gasteiger partial charge in [0, 0.05) is 19.0 Å². The number of rotatable bonds is 8. The van der Waals surface area contributed by atoms with E-state index in [1.54, 1.807) is 0 Å². The van der Waals surface area contributed by atoms with Gasteiger partial charge in [0.25, 0.3) is 0 Å². The second kappa shape index (κ2) is 7.58. The van der Waals surface area contributed by atoms with E-state index in [0.29, 0.717) is 6.61 Å². The van der Waals surface area contributed by atoms with Crippen LogP contribution < -0.4 is 4.74 Å². The summed E-state index contributed by atoms with van der Waals surface area (Å²) in [7, 11) is 0. The lowest BCUT2D eigenvalue weighted by molar-refractivity contribution is 0.340. The molecule has 2 aromatic rings. The third kappa shape index (κ3) is 3.48. The van der Waals surface area contributed by atoms with Gasteiger partial charge in [-0.15, -0.1) is 0 Å². The fourth-order valence-electron chi connectivity index (χ4n) is 2.48. The molecule has 1 heterocycles. The maximum absolute atomic E-state index is 5.56. The van der Waals surface area contributed by atoms with Crippen LogP contribution in [0.15, 0.2) is 18.2 Å². The van der Waals surface area contributed by atoms with Gasteiger partial charge in [0.2, 0.25) is 0 Å². The van der Waals surface area contributed by atoms with Crippen molar-refractivity contribution < 1.29 is 4.74 Å². The van der Waals surface area contributed by atoms with E-state index in [4.69, 9.17) is 9.72 Å². The standard InChI is InChI=1S/C16H24N2OS/c1-3-5-6-10-18-15-8-7-13(19-4-2)12-14(15)17-16(18)9-11-20/h7-8,12,20H,3-6,9-11H2,1-2H3. The van der Waals surface area contributed by atoms with E-state index in [1.807, 2.05) is 19.1 Å². The van der Waals surface area contributed by atoms with Crippen molar-refractivity contribution in [3.05, 3.63) is 24.0 Å². The molecular formula is C16H24N2OS. The Balaban J connectivity index is 2.32. The van der Waals surface area contributed by atoms with Crippen molar-refractivity contribution in [3.8, 4) is 5.75 Å². The van der Waals surface area contributed by atoms with Gasteiger partial charge < -0.3 is 9.30 Å². The Hall–Kier alpha value is -1.16. The second-order valence-electron chi connectivity index (χ2n) is 4.94. The van der Waals surface area contributed by atoms with Gasteiger partial charge in [-0.25, -0.2) is 4.98 Å². The first-order valence-corrected chi connectivity index (χ1v) is 8.16. The number of hydrogen-bond acceptors (Lipinski definition) is 3. The predicted octanol–water partition coefficient (Wildman–Crippen LogP) is 4.10. The highest BCUT2D eigenvalue weighted by Crippen LogP contribution is 2.23. The van der Waals surface area contributed by atoms with Crippen LogP contribution in [0.25, 0.3) is 11.0 Å². The molecule has 0 atom stereocenters. The van der Waals surface area contributed by atoms with Crippen LogP contribution >= 0.6 is 12.6 Å². The predicted molar refractivity (Wildman–Crippen MR) is 88.0 cm³/mol. The molecule has 0 saturated carbocycles. The molecule has 4 heteroatoms. The Labute approximate surface area is 126 Å². The minimum atomic E-state index is 0.687. The first kappa shape index (κ1) is 15.2. The average Bonchev–Trinajstić information content (AvgIpc) is 2.77. The van der Waals surface area contributed by atoms with Crippen molar-refractivity contribution in [2.24, 2.45) is 0 Å². The second-order valence-corrected chi connectivity index (χ2v) is 5.39. The van der Waals surface area contributed by atoms with Crippen molar-refractivity contribution in [2.45, 2.75) is 46.1 Å². The zero-order chi connectivity index (χ0) is 14.4. The van der Waals surface area contributed by atoms with E-state index in [0.717, 1.165) is 35.8 Å². The summed E-state index contributed by atoms with van der Waals surface area (Å²) in [6, 6.07) is 6.20. The van der Waals surface area contributed by atoms with E-state index in [2.05, 4.69) is 30.2 Å². The number of hydrogen-bond donors (Lipinski definition) is 1. The maximum Gasteiger partial charge on any atom is 0.121 e. The molecule has 0 radical (unpaired) electrons. The van der Waals surface area contributed by atoms with Crippen molar-refractivity contribution >= 4 is 23.7 Å². The van der Waals surface area contributed by atoms with Gasteiger partial charge in [0.1, 0.15) is 11.6 Å². The van der Waals surface area contributed by atoms with Crippen molar-refractivity contribution in [1.82, 2.24) is 9.55 Å². The number of nitrogens with zero attached hydrogens (tertiary/aromatic N) is 2. The molecular weight excluding hydrogens is 268 g/mol. The summed E-state index contributed by atoms with van der Waals surface area (Å²) in [6.45, 7) is 5.96. The lowest BCUT2D eigenvalue weighted by Gasteiger charge is -2.08. The molecule has 0 spiro atoms. The smallest absolute Gasteiger partial charge is 0.121 e. The number of aromatic nitrogens is 2. The molecule has 1 aromatic carbocycles. The number of fused-ring (bicyclic) bond motifs is 1. The summed E-state index contributed by atoms with van der Waals surface area (Å²) in [6.07, 6.45) is 4.61. The Morgan fingerprint density at radius 3 is 2.80 bits per heavy atom. The third-order valence-electron chi connectivity index (χ3n) is 3.43. The molecule has 20 heavy (non-hydrogen) atoms. The summed E-state index contributed by atoms with van der Waals surface area (Å²) in [5.74, 6) is 2.87. The average molecular weight is 292 g/mol. The molecule has 2 rings (SSSR count). The highest BCUT2D eigenvalue weighted by Gasteiger charge is 2.10. The van der Waals surface area contributed by atoms with Gasteiger partial charge in [-0.3, -0.25) is 0 Å². The quantitative estimate of drug-likeness (QED) is 0.586. The lowest BCUT2D eigenvalue weighted by Crippen LogP contribution is -2.04. The fraction of sp³-hybridized carbons (Fsp3) is 0.562. The van der Waals surface area contributed by atoms with Gasteiger partial charge >= 0.3 is 0 Å². The number of benzene rings is 1. The molecule has 0 aliphatic carbocycles. The van der Waals surface area contributed by atoms with Gasteiger partial charge in [0.05, 0.1) is 17.6 Å². The van der Waals surface area contributed by atoms with Crippen LogP contribution in [0.3, 0.4) is 0 Å². The zero-order valence-corrected chi connectivity index (χ0v) is 13.3. The SMILES string of the molecule is CCCCCn1c(CCS)nc2cc(OCC)ccc21. The minimum Gasteiger partial charge on any atom is -0.494 e. The van der Waals surface area contributed by atoms with Crippen LogP contribution in [0.2, 0.25) is 0 Å². The first-order chi connectivity index (χ1) is 9.80. The van der Waals surface area contributed by atoms with Crippen molar-refractivity contribution in [3.63, 3.8) is 0 Å². The summed E-state index contributed by atoms with van der Waals surface area (Å²) < 4.78 is 7.90. The van der Waals surface area contributed by atoms with E-state index in [-0.39, 0.29) is 0 Å². The van der Waals surface area contributed by atoms with Crippen LogP contribution in [-0.2, 0) is 13.0 Å². The molecule has 0 aliphatic rings.